The van der Waals surface area contributed by atoms with Gasteiger partial charge in [-0.15, -0.1) is 0 Å². The Labute approximate surface area is 194 Å². The van der Waals surface area contributed by atoms with E-state index in [2.05, 4.69) is 17.6 Å². The third-order valence-electron chi connectivity index (χ3n) is 6.09. The summed E-state index contributed by atoms with van der Waals surface area (Å²) >= 11 is 0. The van der Waals surface area contributed by atoms with E-state index >= 15 is 0 Å². The minimum atomic E-state index is -0.765. The first-order valence-corrected chi connectivity index (χ1v) is 11.6. The van der Waals surface area contributed by atoms with Gasteiger partial charge < -0.3 is 20.4 Å². The number of amides is 4. The van der Waals surface area contributed by atoms with Crippen LogP contribution in [0.3, 0.4) is 0 Å². The van der Waals surface area contributed by atoms with E-state index in [1.807, 2.05) is 20.8 Å². The van der Waals surface area contributed by atoms with E-state index in [1.165, 1.54) is 24.3 Å². The van der Waals surface area contributed by atoms with Crippen molar-refractivity contribution in [2.24, 2.45) is 5.92 Å². The van der Waals surface area contributed by atoms with E-state index in [1.54, 1.807) is 9.80 Å². The maximum atomic E-state index is 13.4. The van der Waals surface area contributed by atoms with Gasteiger partial charge in [-0.25, -0.2) is 4.79 Å². The zero-order valence-corrected chi connectivity index (χ0v) is 19.9. The van der Waals surface area contributed by atoms with Crippen LogP contribution in [0.15, 0.2) is 24.3 Å². The van der Waals surface area contributed by atoms with Gasteiger partial charge in [-0.2, -0.15) is 0 Å². The molecular weight excluding hydrogens is 426 g/mol. The summed E-state index contributed by atoms with van der Waals surface area (Å²) in [4.78, 5) is 52.5. The van der Waals surface area contributed by atoms with E-state index in [-0.39, 0.29) is 35.1 Å². The average Bonchev–Trinajstić information content (AvgIpc) is 2.81. The van der Waals surface area contributed by atoms with Crippen LogP contribution in [-0.4, -0.2) is 70.8 Å². The summed E-state index contributed by atoms with van der Waals surface area (Å²) in [6.07, 6.45) is 2.58. The van der Waals surface area contributed by atoms with Gasteiger partial charge in [0.2, 0.25) is 5.91 Å². The molecule has 1 fully saturated rings. The molecule has 0 aromatic heterocycles. The number of non-ortho nitro benzene ring substituents is 1. The Hall–Kier alpha value is -3.17. The van der Waals surface area contributed by atoms with Crippen molar-refractivity contribution in [2.45, 2.75) is 59.0 Å². The molecule has 10 nitrogen and oxygen atoms in total. The molecule has 10 heteroatoms. The summed E-state index contributed by atoms with van der Waals surface area (Å²) in [7, 11) is 0. The first-order chi connectivity index (χ1) is 15.7. The van der Waals surface area contributed by atoms with Gasteiger partial charge in [0.15, 0.2) is 0 Å². The fourth-order valence-corrected chi connectivity index (χ4v) is 3.80. The topological polar surface area (TPSA) is 125 Å². The number of nitro groups is 1. The van der Waals surface area contributed by atoms with Gasteiger partial charge in [-0.1, -0.05) is 39.7 Å². The molecule has 3 atom stereocenters. The van der Waals surface area contributed by atoms with Gasteiger partial charge in [0.1, 0.15) is 6.04 Å². The Morgan fingerprint density at radius 2 is 1.97 bits per heavy atom. The highest BCUT2D eigenvalue weighted by molar-refractivity contribution is 5.98. The van der Waals surface area contributed by atoms with Crippen LogP contribution in [0.4, 0.5) is 10.5 Å². The molecular formula is C23H35N5O5. The Morgan fingerprint density at radius 1 is 1.24 bits per heavy atom. The smallest absolute Gasteiger partial charge is 0.317 e. The lowest BCUT2D eigenvalue weighted by atomic mass is 9.96. The number of benzene rings is 1. The van der Waals surface area contributed by atoms with Crippen LogP contribution in [-0.2, 0) is 4.79 Å². The predicted octanol–water partition coefficient (Wildman–Crippen LogP) is 2.78. The van der Waals surface area contributed by atoms with E-state index in [0.717, 1.165) is 12.8 Å². The highest BCUT2D eigenvalue weighted by Crippen LogP contribution is 2.18. The number of carbonyl (C=O) groups is 3. The van der Waals surface area contributed by atoms with E-state index in [4.69, 9.17) is 0 Å². The van der Waals surface area contributed by atoms with Crippen molar-refractivity contribution in [1.29, 1.82) is 0 Å². The van der Waals surface area contributed by atoms with Crippen molar-refractivity contribution in [2.75, 3.05) is 26.2 Å². The minimum absolute atomic E-state index is 0.125. The molecule has 1 aromatic rings. The maximum Gasteiger partial charge on any atom is 0.317 e. The molecule has 0 aliphatic carbocycles. The molecule has 0 saturated carbocycles. The average molecular weight is 462 g/mol. The molecule has 4 amide bonds. The van der Waals surface area contributed by atoms with Crippen LogP contribution in [0.1, 0.15) is 57.3 Å². The number of nitrogens with zero attached hydrogens (tertiary/aromatic N) is 3. The molecule has 2 rings (SSSR count). The largest absolute Gasteiger partial charge is 0.340 e. The van der Waals surface area contributed by atoms with Crippen LogP contribution < -0.4 is 10.6 Å². The van der Waals surface area contributed by atoms with Crippen molar-refractivity contribution in [1.82, 2.24) is 20.4 Å². The number of nitro benzene ring substituents is 1. The number of hydrogen-bond acceptors (Lipinski definition) is 5. The van der Waals surface area contributed by atoms with Crippen molar-refractivity contribution in [3.63, 3.8) is 0 Å². The molecule has 0 spiro atoms. The first-order valence-electron chi connectivity index (χ1n) is 11.6. The van der Waals surface area contributed by atoms with E-state index in [0.29, 0.717) is 32.6 Å². The molecule has 1 aromatic carbocycles. The van der Waals surface area contributed by atoms with Crippen LogP contribution >= 0.6 is 0 Å². The van der Waals surface area contributed by atoms with Crippen LogP contribution in [0, 0.1) is 16.0 Å². The molecule has 1 aliphatic rings. The molecule has 3 unspecified atom stereocenters. The predicted molar refractivity (Wildman–Crippen MR) is 125 cm³/mol. The number of piperazine rings is 1. The third kappa shape index (κ3) is 6.90. The Morgan fingerprint density at radius 3 is 2.58 bits per heavy atom. The van der Waals surface area contributed by atoms with Crippen LogP contribution in [0.2, 0.25) is 0 Å². The number of carbonyl (C=O) groups excluding carboxylic acids is 3. The maximum absolute atomic E-state index is 13.4. The van der Waals surface area contributed by atoms with Crippen LogP contribution in [0.25, 0.3) is 0 Å². The molecule has 1 heterocycles. The molecule has 33 heavy (non-hydrogen) atoms. The Balaban J connectivity index is 2.07. The van der Waals surface area contributed by atoms with Crippen molar-refractivity contribution < 1.29 is 19.3 Å². The van der Waals surface area contributed by atoms with Crippen molar-refractivity contribution >= 4 is 23.5 Å². The molecule has 1 aliphatic heterocycles. The zero-order chi connectivity index (χ0) is 24.5. The van der Waals surface area contributed by atoms with Gasteiger partial charge in [0.25, 0.3) is 11.6 Å². The Bertz CT molecular complexity index is 861. The van der Waals surface area contributed by atoms with E-state index in [9.17, 15) is 24.5 Å². The summed E-state index contributed by atoms with van der Waals surface area (Å²) in [6, 6.07) is 4.39. The lowest BCUT2D eigenvalue weighted by Gasteiger charge is -2.41. The van der Waals surface area contributed by atoms with Gasteiger partial charge in [-0.3, -0.25) is 19.7 Å². The standard InChI is InChI=1S/C23H35N5O5/c1-5-7-11-24-23(31)27-13-12-26(15-17(27)4)22(30)20(16(3)6-2)25-21(29)18-9-8-10-19(14-18)28(32)33/h8-10,14,16-17,20H,5-7,11-13,15H2,1-4H3,(H,24,31)(H,25,29). The van der Waals surface area contributed by atoms with Gasteiger partial charge in [0.05, 0.1) is 4.92 Å². The lowest BCUT2D eigenvalue weighted by molar-refractivity contribution is -0.384. The number of nitrogens with one attached hydrogen (secondary N) is 2. The zero-order valence-electron chi connectivity index (χ0n) is 19.9. The number of unbranched alkanes of at least 4 members (excludes halogenated alkanes) is 1. The van der Waals surface area contributed by atoms with Gasteiger partial charge in [-0.05, 0) is 25.3 Å². The van der Waals surface area contributed by atoms with Gasteiger partial charge >= 0.3 is 6.03 Å². The second-order valence-corrected chi connectivity index (χ2v) is 8.56. The Kier molecular flexibility index (Phi) is 9.62. The van der Waals surface area contributed by atoms with Crippen molar-refractivity contribution in [3.8, 4) is 0 Å². The number of hydrogen-bond donors (Lipinski definition) is 2. The normalized spacial score (nSPS) is 17.8. The quantitative estimate of drug-likeness (QED) is 0.332. The number of rotatable bonds is 9. The second-order valence-electron chi connectivity index (χ2n) is 8.56. The lowest BCUT2D eigenvalue weighted by Crippen LogP contribution is -2.61. The fourth-order valence-electron chi connectivity index (χ4n) is 3.80. The molecule has 182 valence electrons. The molecule has 1 saturated heterocycles. The van der Waals surface area contributed by atoms with Crippen molar-refractivity contribution in [3.05, 3.63) is 39.9 Å². The summed E-state index contributed by atoms with van der Waals surface area (Å²) in [5.41, 5.74) is -0.0523. The summed E-state index contributed by atoms with van der Waals surface area (Å²) in [6.45, 7) is 9.58. The molecule has 0 radical (unpaired) electrons. The highest BCUT2D eigenvalue weighted by atomic mass is 16.6. The summed E-state index contributed by atoms with van der Waals surface area (Å²) in [5, 5.41) is 16.7. The van der Waals surface area contributed by atoms with E-state index < -0.39 is 16.9 Å². The molecule has 2 N–H and O–H groups in total. The highest BCUT2D eigenvalue weighted by Gasteiger charge is 2.35. The fraction of sp³-hybridized carbons (Fsp3) is 0.609. The second kappa shape index (κ2) is 12.2. The number of urea groups is 1. The monoisotopic (exact) mass is 461 g/mol. The summed E-state index contributed by atoms with van der Waals surface area (Å²) < 4.78 is 0. The third-order valence-corrected chi connectivity index (χ3v) is 6.09. The SMILES string of the molecule is CCCCNC(=O)N1CCN(C(=O)C(NC(=O)c2cccc([N+](=O)[O-])c2)C(C)CC)CC1C. The first kappa shape index (κ1) is 26.1. The van der Waals surface area contributed by atoms with Crippen LogP contribution in [0.5, 0.6) is 0 Å². The van der Waals surface area contributed by atoms with Gasteiger partial charge in [0, 0.05) is 49.9 Å². The summed E-state index contributed by atoms with van der Waals surface area (Å²) in [5.74, 6) is -0.869. The molecule has 0 bridgehead atoms. The minimum Gasteiger partial charge on any atom is -0.340 e.